The molecule has 1 saturated heterocycles. The van der Waals surface area contributed by atoms with Crippen LogP contribution in [0.1, 0.15) is 32.1 Å². The fraction of sp³-hybridized carbons (Fsp3) is 0.833. The van der Waals surface area contributed by atoms with Gasteiger partial charge in [0.1, 0.15) is 0 Å². The van der Waals surface area contributed by atoms with Crippen LogP contribution < -0.4 is 5.32 Å². The molecule has 1 heterocycles. The fourth-order valence-corrected chi connectivity index (χ4v) is 2.41. The molecule has 1 unspecified atom stereocenters. The van der Waals surface area contributed by atoms with Crippen molar-refractivity contribution >= 4 is 23.6 Å². The standard InChI is InChI=1S/C12H22N2O2S/c1-14-11(15)9-10(12(14)16)13-7-5-3-4-6-8-17-2/h10,13H,3-9H2,1-2H3. The predicted octanol–water partition coefficient (Wildman–Crippen LogP) is 1.26. The van der Waals surface area contributed by atoms with Crippen molar-refractivity contribution in [2.45, 2.75) is 38.1 Å². The van der Waals surface area contributed by atoms with E-state index >= 15 is 0 Å². The van der Waals surface area contributed by atoms with Crippen LogP contribution >= 0.6 is 11.8 Å². The first-order chi connectivity index (χ1) is 8.16. The van der Waals surface area contributed by atoms with Crippen LogP contribution in [-0.2, 0) is 9.59 Å². The van der Waals surface area contributed by atoms with E-state index in [4.69, 9.17) is 0 Å². The lowest BCUT2D eigenvalue weighted by atomic mass is 10.2. The highest BCUT2D eigenvalue weighted by Crippen LogP contribution is 2.10. The second-order valence-electron chi connectivity index (χ2n) is 4.41. The normalized spacial score (nSPS) is 20.4. The summed E-state index contributed by atoms with van der Waals surface area (Å²) in [6.07, 6.45) is 7.24. The number of unbranched alkanes of at least 4 members (excludes halogenated alkanes) is 3. The van der Waals surface area contributed by atoms with Crippen molar-refractivity contribution < 1.29 is 9.59 Å². The van der Waals surface area contributed by atoms with Crippen molar-refractivity contribution in [1.82, 2.24) is 10.2 Å². The van der Waals surface area contributed by atoms with Gasteiger partial charge in [0.05, 0.1) is 12.5 Å². The lowest BCUT2D eigenvalue weighted by Gasteiger charge is -2.10. The molecule has 1 N–H and O–H groups in total. The highest BCUT2D eigenvalue weighted by molar-refractivity contribution is 7.98. The van der Waals surface area contributed by atoms with Gasteiger partial charge in [-0.2, -0.15) is 11.8 Å². The summed E-state index contributed by atoms with van der Waals surface area (Å²) >= 11 is 1.88. The van der Waals surface area contributed by atoms with Gasteiger partial charge in [-0.15, -0.1) is 0 Å². The van der Waals surface area contributed by atoms with Gasteiger partial charge in [-0.1, -0.05) is 12.8 Å². The Morgan fingerprint density at radius 2 is 2.00 bits per heavy atom. The summed E-state index contributed by atoms with van der Waals surface area (Å²) in [6.45, 7) is 0.830. The molecule has 0 spiro atoms. The molecule has 0 aromatic heterocycles. The number of imide groups is 1. The molecule has 0 radical (unpaired) electrons. The third-order valence-electron chi connectivity index (χ3n) is 3.05. The molecule has 1 atom stereocenters. The molecule has 0 aliphatic carbocycles. The number of rotatable bonds is 8. The number of hydrogen-bond donors (Lipinski definition) is 1. The number of nitrogens with zero attached hydrogens (tertiary/aromatic N) is 1. The molecule has 1 aliphatic rings. The van der Waals surface area contributed by atoms with E-state index in [1.807, 2.05) is 11.8 Å². The summed E-state index contributed by atoms with van der Waals surface area (Å²) in [6, 6.07) is -0.279. The van der Waals surface area contributed by atoms with Crippen LogP contribution in [0.25, 0.3) is 0 Å². The van der Waals surface area contributed by atoms with E-state index in [9.17, 15) is 9.59 Å². The number of amides is 2. The van der Waals surface area contributed by atoms with Crippen LogP contribution in [0.4, 0.5) is 0 Å². The minimum atomic E-state index is -0.279. The van der Waals surface area contributed by atoms with Crippen LogP contribution in [0, 0.1) is 0 Å². The lowest BCUT2D eigenvalue weighted by Crippen LogP contribution is -2.37. The average molecular weight is 258 g/mol. The van der Waals surface area contributed by atoms with Crippen molar-refractivity contribution in [2.24, 2.45) is 0 Å². The number of carbonyl (C=O) groups is 2. The van der Waals surface area contributed by atoms with E-state index in [2.05, 4.69) is 11.6 Å². The summed E-state index contributed by atoms with van der Waals surface area (Å²) in [5.74, 6) is 1.07. The topological polar surface area (TPSA) is 49.4 Å². The Kier molecular flexibility index (Phi) is 6.58. The molecule has 1 rings (SSSR count). The Labute approximate surface area is 108 Å². The lowest BCUT2D eigenvalue weighted by molar-refractivity contribution is -0.137. The summed E-state index contributed by atoms with van der Waals surface area (Å²) < 4.78 is 0. The third kappa shape index (κ3) is 4.68. The van der Waals surface area contributed by atoms with E-state index in [0.717, 1.165) is 13.0 Å². The maximum atomic E-state index is 11.6. The van der Waals surface area contributed by atoms with Gasteiger partial charge in [0.15, 0.2) is 0 Å². The maximum Gasteiger partial charge on any atom is 0.246 e. The van der Waals surface area contributed by atoms with Crippen molar-refractivity contribution in [3.63, 3.8) is 0 Å². The number of carbonyl (C=O) groups excluding carboxylic acids is 2. The minimum absolute atomic E-state index is 0.0764. The maximum absolute atomic E-state index is 11.6. The van der Waals surface area contributed by atoms with Crippen LogP contribution in [0.5, 0.6) is 0 Å². The Hall–Kier alpha value is -0.550. The second-order valence-corrected chi connectivity index (χ2v) is 5.39. The zero-order valence-electron chi connectivity index (χ0n) is 10.7. The summed E-state index contributed by atoms with van der Waals surface area (Å²) in [4.78, 5) is 24.0. The van der Waals surface area contributed by atoms with E-state index in [1.54, 1.807) is 7.05 Å². The second kappa shape index (κ2) is 7.71. The molecular weight excluding hydrogens is 236 g/mol. The van der Waals surface area contributed by atoms with Crippen molar-refractivity contribution in [1.29, 1.82) is 0 Å². The van der Waals surface area contributed by atoms with Crippen molar-refractivity contribution in [3.05, 3.63) is 0 Å². The zero-order valence-corrected chi connectivity index (χ0v) is 11.5. The van der Waals surface area contributed by atoms with E-state index < -0.39 is 0 Å². The first-order valence-corrected chi connectivity index (χ1v) is 7.59. The highest BCUT2D eigenvalue weighted by atomic mass is 32.2. The molecule has 2 amide bonds. The zero-order chi connectivity index (χ0) is 12.7. The minimum Gasteiger partial charge on any atom is -0.305 e. The molecule has 5 heteroatoms. The van der Waals surface area contributed by atoms with E-state index in [1.165, 1.54) is 29.9 Å². The molecule has 1 aliphatic heterocycles. The largest absolute Gasteiger partial charge is 0.305 e. The Balaban J connectivity index is 2.04. The monoisotopic (exact) mass is 258 g/mol. The molecule has 0 bridgehead atoms. The smallest absolute Gasteiger partial charge is 0.246 e. The van der Waals surface area contributed by atoms with Crippen LogP contribution in [0.2, 0.25) is 0 Å². The summed E-state index contributed by atoms with van der Waals surface area (Å²) in [5, 5.41) is 3.17. The van der Waals surface area contributed by atoms with Gasteiger partial charge in [-0.3, -0.25) is 14.5 Å². The third-order valence-corrected chi connectivity index (χ3v) is 3.74. The quantitative estimate of drug-likeness (QED) is 0.526. The van der Waals surface area contributed by atoms with E-state index in [0.29, 0.717) is 6.42 Å². The Morgan fingerprint density at radius 1 is 1.29 bits per heavy atom. The number of likely N-dealkylation sites (tertiary alicyclic amines) is 1. The van der Waals surface area contributed by atoms with Crippen molar-refractivity contribution in [3.8, 4) is 0 Å². The first kappa shape index (κ1) is 14.5. The van der Waals surface area contributed by atoms with Gasteiger partial charge in [-0.25, -0.2) is 0 Å². The van der Waals surface area contributed by atoms with Crippen LogP contribution in [0.3, 0.4) is 0 Å². The Morgan fingerprint density at radius 3 is 2.59 bits per heavy atom. The van der Waals surface area contributed by atoms with Gasteiger partial charge >= 0.3 is 0 Å². The number of likely N-dealkylation sites (N-methyl/N-ethyl adjacent to an activating group) is 1. The molecule has 0 saturated carbocycles. The molecule has 0 aromatic carbocycles. The van der Waals surface area contributed by atoms with Crippen LogP contribution in [0.15, 0.2) is 0 Å². The summed E-state index contributed by atoms with van der Waals surface area (Å²) in [7, 11) is 1.55. The van der Waals surface area contributed by atoms with Gasteiger partial charge in [0.2, 0.25) is 11.8 Å². The Bertz CT molecular complexity index is 271. The molecular formula is C12H22N2O2S. The first-order valence-electron chi connectivity index (χ1n) is 6.19. The molecule has 0 aromatic rings. The highest BCUT2D eigenvalue weighted by Gasteiger charge is 2.35. The fourth-order valence-electron chi connectivity index (χ4n) is 1.92. The number of thioether (sulfide) groups is 1. The van der Waals surface area contributed by atoms with Gasteiger partial charge < -0.3 is 5.32 Å². The predicted molar refractivity (Wildman–Crippen MR) is 71.0 cm³/mol. The SMILES string of the molecule is CSCCCCCCNC1CC(=O)N(C)C1=O. The number of nitrogens with one attached hydrogen (secondary N) is 1. The summed E-state index contributed by atoms with van der Waals surface area (Å²) in [5.41, 5.74) is 0. The number of hydrogen-bond acceptors (Lipinski definition) is 4. The van der Waals surface area contributed by atoms with Gasteiger partial charge in [0, 0.05) is 7.05 Å². The molecule has 4 nitrogen and oxygen atoms in total. The van der Waals surface area contributed by atoms with Crippen LogP contribution in [-0.4, -0.2) is 48.4 Å². The molecule has 17 heavy (non-hydrogen) atoms. The molecule has 98 valence electrons. The van der Waals surface area contributed by atoms with E-state index in [-0.39, 0.29) is 17.9 Å². The molecule has 1 fully saturated rings. The van der Waals surface area contributed by atoms with Gasteiger partial charge in [-0.05, 0) is 31.4 Å². The van der Waals surface area contributed by atoms with Crippen molar-refractivity contribution in [2.75, 3.05) is 25.6 Å². The van der Waals surface area contributed by atoms with Gasteiger partial charge in [0.25, 0.3) is 0 Å². The average Bonchev–Trinajstić information content (AvgIpc) is 2.56.